The molecule has 0 bridgehead atoms. The Kier molecular flexibility index (Phi) is 4.93. The Bertz CT molecular complexity index is 1280. The van der Waals surface area contributed by atoms with E-state index < -0.39 is 16.2 Å². The van der Waals surface area contributed by atoms with Crippen molar-refractivity contribution in [1.82, 2.24) is 4.98 Å². The van der Waals surface area contributed by atoms with Crippen LogP contribution < -0.4 is 0 Å². The summed E-state index contributed by atoms with van der Waals surface area (Å²) in [5, 5.41) is 0. The van der Waals surface area contributed by atoms with Crippen molar-refractivity contribution >= 4 is 21.2 Å². The summed E-state index contributed by atoms with van der Waals surface area (Å²) in [5.74, 6) is 2.77. The first-order chi connectivity index (χ1) is 14.0. The topological polar surface area (TPSA) is 69.4 Å². The van der Waals surface area contributed by atoms with E-state index in [4.69, 9.17) is 15.0 Å². The van der Waals surface area contributed by atoms with Crippen LogP contribution in [0.3, 0.4) is 0 Å². The highest BCUT2D eigenvalue weighted by atomic mass is 32.2. The van der Waals surface area contributed by atoms with Gasteiger partial charge in [-0.25, -0.2) is 9.17 Å². The highest BCUT2D eigenvalue weighted by Crippen LogP contribution is 2.33. The Morgan fingerprint density at radius 1 is 1.00 bits per heavy atom. The number of para-hydroxylation sites is 2. The maximum absolute atomic E-state index is 12.7. The molecule has 0 spiro atoms. The van der Waals surface area contributed by atoms with Gasteiger partial charge in [-0.2, -0.15) is 8.42 Å². The van der Waals surface area contributed by atoms with Crippen molar-refractivity contribution in [2.45, 2.75) is 17.9 Å². The molecule has 1 aromatic heterocycles. The lowest BCUT2D eigenvalue weighted by Crippen LogP contribution is -2.12. The van der Waals surface area contributed by atoms with Gasteiger partial charge in [0.25, 0.3) is 10.1 Å². The molecule has 5 nitrogen and oxygen atoms in total. The number of nitrogens with zero attached hydrogens (tertiary/aromatic N) is 1. The normalized spacial score (nSPS) is 12.6. The number of rotatable bonds is 5. The first kappa shape index (κ1) is 18.9. The number of benzene rings is 3. The van der Waals surface area contributed by atoms with E-state index in [2.05, 4.69) is 10.9 Å². The molecule has 0 aliphatic carbocycles. The molecule has 3 aromatic carbocycles. The van der Waals surface area contributed by atoms with Crippen molar-refractivity contribution in [3.63, 3.8) is 0 Å². The molecule has 1 heterocycles. The molecule has 29 heavy (non-hydrogen) atoms. The van der Waals surface area contributed by atoms with Gasteiger partial charge in [0.05, 0.1) is 4.90 Å². The maximum Gasteiger partial charge on any atom is 0.298 e. The zero-order valence-electron chi connectivity index (χ0n) is 15.6. The van der Waals surface area contributed by atoms with E-state index in [-0.39, 0.29) is 4.90 Å². The Balaban J connectivity index is 1.73. The smallest absolute Gasteiger partial charge is 0.298 e. The van der Waals surface area contributed by atoms with Gasteiger partial charge in [0.2, 0.25) is 5.89 Å². The number of aryl methyl sites for hydroxylation is 1. The van der Waals surface area contributed by atoms with Gasteiger partial charge in [-0.15, -0.1) is 6.42 Å². The summed E-state index contributed by atoms with van der Waals surface area (Å²) in [5.41, 5.74) is 3.33. The van der Waals surface area contributed by atoms with Gasteiger partial charge in [-0.05, 0) is 37.3 Å². The number of aromatic nitrogens is 1. The standard InChI is InChI=1S/C23H17NO4S/c1-3-21(28-29(25,26)17-14-12-16(2)13-15-17)18-8-4-5-9-19(18)23-24-20-10-6-7-11-22(20)27-23/h1,4-15,21H,2H3. The summed E-state index contributed by atoms with van der Waals surface area (Å²) >= 11 is 0. The summed E-state index contributed by atoms with van der Waals surface area (Å²) in [4.78, 5) is 4.53. The highest BCUT2D eigenvalue weighted by molar-refractivity contribution is 7.86. The van der Waals surface area contributed by atoms with Crippen LogP contribution in [0.4, 0.5) is 0 Å². The lowest BCUT2D eigenvalue weighted by atomic mass is 10.0. The predicted molar refractivity (Wildman–Crippen MR) is 110 cm³/mol. The molecule has 0 aliphatic rings. The van der Waals surface area contributed by atoms with Gasteiger partial charge in [-0.1, -0.05) is 53.9 Å². The molecule has 0 radical (unpaired) electrons. The van der Waals surface area contributed by atoms with E-state index in [9.17, 15) is 8.42 Å². The molecule has 144 valence electrons. The van der Waals surface area contributed by atoms with Gasteiger partial charge >= 0.3 is 0 Å². The molecular formula is C23H17NO4S. The molecule has 0 amide bonds. The van der Waals surface area contributed by atoms with Crippen molar-refractivity contribution in [2.75, 3.05) is 0 Å². The van der Waals surface area contributed by atoms with Gasteiger partial charge in [0.1, 0.15) is 5.52 Å². The van der Waals surface area contributed by atoms with Crippen LogP contribution in [0.25, 0.3) is 22.6 Å². The van der Waals surface area contributed by atoms with Gasteiger partial charge in [0, 0.05) is 11.1 Å². The van der Waals surface area contributed by atoms with Gasteiger partial charge in [-0.3, -0.25) is 0 Å². The first-order valence-electron chi connectivity index (χ1n) is 8.89. The van der Waals surface area contributed by atoms with E-state index in [1.165, 1.54) is 12.1 Å². The Morgan fingerprint density at radius 2 is 1.69 bits per heavy atom. The molecule has 0 saturated carbocycles. The van der Waals surface area contributed by atoms with Crippen LogP contribution >= 0.6 is 0 Å². The van der Waals surface area contributed by atoms with Crippen LogP contribution in [-0.4, -0.2) is 13.4 Å². The SMILES string of the molecule is C#CC(OS(=O)(=O)c1ccc(C)cc1)c1ccccc1-c1nc2ccccc2o1. The number of terminal acetylenes is 1. The van der Waals surface area contributed by atoms with Crippen molar-refractivity contribution in [3.05, 3.63) is 83.9 Å². The third-order valence-electron chi connectivity index (χ3n) is 4.45. The maximum atomic E-state index is 12.7. The molecule has 6 heteroatoms. The molecule has 0 saturated heterocycles. The predicted octanol–water partition coefficient (Wildman–Crippen LogP) is 4.88. The van der Waals surface area contributed by atoms with Gasteiger partial charge in [0.15, 0.2) is 11.7 Å². The number of fused-ring (bicyclic) bond motifs is 1. The summed E-state index contributed by atoms with van der Waals surface area (Å²) in [7, 11) is -4.05. The summed E-state index contributed by atoms with van der Waals surface area (Å²) in [6.07, 6.45) is 4.51. The summed E-state index contributed by atoms with van der Waals surface area (Å²) in [6, 6.07) is 20.8. The van der Waals surface area contributed by atoms with Crippen LogP contribution in [0.5, 0.6) is 0 Å². The molecule has 0 aliphatic heterocycles. The van der Waals surface area contributed by atoms with E-state index in [1.807, 2.05) is 31.2 Å². The fourth-order valence-electron chi connectivity index (χ4n) is 2.96. The Morgan fingerprint density at radius 3 is 2.41 bits per heavy atom. The van der Waals surface area contributed by atoms with Crippen molar-refractivity contribution in [3.8, 4) is 23.8 Å². The number of oxazole rings is 1. The lowest BCUT2D eigenvalue weighted by Gasteiger charge is -2.15. The Labute approximate surface area is 169 Å². The molecule has 4 rings (SSSR count). The Hall–Kier alpha value is -3.40. The van der Waals surface area contributed by atoms with E-state index >= 15 is 0 Å². The average Bonchev–Trinajstić information content (AvgIpc) is 3.16. The lowest BCUT2D eigenvalue weighted by molar-refractivity contribution is 0.270. The molecule has 0 N–H and O–H groups in total. The third kappa shape index (κ3) is 3.79. The van der Waals surface area contributed by atoms with Crippen LogP contribution in [0.2, 0.25) is 0 Å². The van der Waals surface area contributed by atoms with E-state index in [0.717, 1.165) is 5.56 Å². The molecule has 4 aromatic rings. The van der Waals surface area contributed by atoms with E-state index in [1.54, 1.807) is 36.4 Å². The summed E-state index contributed by atoms with van der Waals surface area (Å²) in [6.45, 7) is 1.87. The fourth-order valence-corrected chi connectivity index (χ4v) is 3.96. The highest BCUT2D eigenvalue weighted by Gasteiger charge is 2.25. The van der Waals surface area contributed by atoms with Crippen LogP contribution in [0, 0.1) is 19.3 Å². The number of hydrogen-bond acceptors (Lipinski definition) is 5. The second-order valence-corrected chi connectivity index (χ2v) is 8.06. The zero-order chi connectivity index (χ0) is 20.4. The van der Waals surface area contributed by atoms with Crippen molar-refractivity contribution < 1.29 is 17.0 Å². The molecular weight excluding hydrogens is 386 g/mol. The minimum atomic E-state index is -4.05. The minimum Gasteiger partial charge on any atom is -0.436 e. The number of hydrogen-bond donors (Lipinski definition) is 0. The molecule has 1 unspecified atom stereocenters. The van der Waals surface area contributed by atoms with Crippen molar-refractivity contribution in [2.24, 2.45) is 0 Å². The van der Waals surface area contributed by atoms with Crippen LogP contribution in [-0.2, 0) is 14.3 Å². The summed E-state index contributed by atoms with van der Waals surface area (Å²) < 4.78 is 36.7. The van der Waals surface area contributed by atoms with Crippen LogP contribution in [0.1, 0.15) is 17.2 Å². The molecule has 1 atom stereocenters. The monoisotopic (exact) mass is 403 g/mol. The van der Waals surface area contributed by atoms with E-state index in [0.29, 0.717) is 28.1 Å². The second kappa shape index (κ2) is 7.55. The molecule has 0 fully saturated rings. The second-order valence-electron chi connectivity index (χ2n) is 6.48. The first-order valence-corrected chi connectivity index (χ1v) is 10.3. The zero-order valence-corrected chi connectivity index (χ0v) is 16.4. The quantitative estimate of drug-likeness (QED) is 0.351. The van der Waals surface area contributed by atoms with Crippen LogP contribution in [0.15, 0.2) is 82.1 Å². The van der Waals surface area contributed by atoms with Gasteiger partial charge < -0.3 is 4.42 Å². The third-order valence-corrected chi connectivity index (χ3v) is 5.75. The minimum absolute atomic E-state index is 0.0442. The van der Waals surface area contributed by atoms with Crippen molar-refractivity contribution in [1.29, 1.82) is 0 Å². The average molecular weight is 403 g/mol. The largest absolute Gasteiger partial charge is 0.436 e. The fraction of sp³-hybridized carbons (Fsp3) is 0.0870.